The normalized spacial score (nSPS) is 11.2. The van der Waals surface area contributed by atoms with E-state index in [0.29, 0.717) is 17.8 Å². The molecular formula is C22H22N4O2. The molecule has 4 rings (SSSR count). The molecule has 0 fully saturated rings. The van der Waals surface area contributed by atoms with Crippen molar-refractivity contribution in [3.8, 4) is 0 Å². The Balaban J connectivity index is 1.82. The molecule has 142 valence electrons. The molecule has 0 saturated heterocycles. The van der Waals surface area contributed by atoms with E-state index >= 15 is 0 Å². The van der Waals surface area contributed by atoms with E-state index in [2.05, 4.69) is 10.3 Å². The summed E-state index contributed by atoms with van der Waals surface area (Å²) in [7, 11) is 0. The van der Waals surface area contributed by atoms with Crippen LogP contribution in [0.3, 0.4) is 0 Å². The Morgan fingerprint density at radius 1 is 1.07 bits per heavy atom. The fraction of sp³-hybridized carbons (Fsp3) is 0.227. The van der Waals surface area contributed by atoms with E-state index in [1.807, 2.05) is 73.9 Å². The summed E-state index contributed by atoms with van der Waals surface area (Å²) in [6.07, 6.45) is 0.590. The van der Waals surface area contributed by atoms with Crippen LogP contribution in [-0.2, 0) is 17.8 Å². The van der Waals surface area contributed by atoms with E-state index < -0.39 is 0 Å². The molecule has 6 heteroatoms. The van der Waals surface area contributed by atoms with Crippen molar-refractivity contribution >= 4 is 28.4 Å². The van der Waals surface area contributed by atoms with Gasteiger partial charge in [0.25, 0.3) is 5.56 Å². The van der Waals surface area contributed by atoms with Crippen LogP contribution in [0.4, 0.5) is 5.69 Å². The highest BCUT2D eigenvalue weighted by Gasteiger charge is 2.18. The number of amides is 1. The number of hydrogen-bond donors (Lipinski definition) is 1. The van der Waals surface area contributed by atoms with E-state index in [1.165, 1.54) is 0 Å². The second-order valence-electron chi connectivity index (χ2n) is 6.96. The molecule has 6 nitrogen and oxygen atoms in total. The van der Waals surface area contributed by atoms with E-state index in [0.717, 1.165) is 28.0 Å². The van der Waals surface area contributed by atoms with Gasteiger partial charge in [0.15, 0.2) is 0 Å². The molecule has 0 aliphatic rings. The minimum absolute atomic E-state index is 0.0705. The first-order valence-electron chi connectivity index (χ1n) is 9.35. The summed E-state index contributed by atoms with van der Waals surface area (Å²) in [6, 6.07) is 15.2. The molecule has 0 aliphatic heterocycles. The van der Waals surface area contributed by atoms with Gasteiger partial charge in [-0.25, -0.2) is 9.38 Å². The summed E-state index contributed by atoms with van der Waals surface area (Å²) in [5, 5.41) is 2.92. The van der Waals surface area contributed by atoms with Gasteiger partial charge in [-0.15, -0.1) is 0 Å². The van der Waals surface area contributed by atoms with Gasteiger partial charge in [0.2, 0.25) is 11.7 Å². The summed E-state index contributed by atoms with van der Waals surface area (Å²) in [5.74, 6) is 0.326. The minimum Gasteiger partial charge on any atom is -0.325 e. The third-order valence-electron chi connectivity index (χ3n) is 5.08. The summed E-state index contributed by atoms with van der Waals surface area (Å²) < 4.78 is 3.43. The van der Waals surface area contributed by atoms with E-state index in [-0.39, 0.29) is 18.0 Å². The van der Waals surface area contributed by atoms with Crippen LogP contribution in [0, 0.1) is 13.8 Å². The maximum atomic E-state index is 13.0. The van der Waals surface area contributed by atoms with Crippen molar-refractivity contribution in [3.63, 3.8) is 0 Å². The van der Waals surface area contributed by atoms with Gasteiger partial charge in [-0.2, -0.15) is 0 Å². The van der Waals surface area contributed by atoms with E-state index in [9.17, 15) is 9.59 Å². The number of aromatic nitrogens is 3. The summed E-state index contributed by atoms with van der Waals surface area (Å²) in [4.78, 5) is 30.4. The molecule has 0 spiro atoms. The van der Waals surface area contributed by atoms with Crippen LogP contribution in [0.15, 0.2) is 53.3 Å². The maximum absolute atomic E-state index is 13.0. The average Bonchev–Trinajstić information content (AvgIpc) is 3.07. The number of imidazole rings is 1. The van der Waals surface area contributed by atoms with Crippen LogP contribution in [-0.4, -0.2) is 19.9 Å². The maximum Gasteiger partial charge on any atom is 0.262 e. The third-order valence-corrected chi connectivity index (χ3v) is 5.08. The Labute approximate surface area is 162 Å². The average molecular weight is 374 g/mol. The van der Waals surface area contributed by atoms with Crippen molar-refractivity contribution in [2.75, 3.05) is 5.32 Å². The monoisotopic (exact) mass is 374 g/mol. The molecule has 4 aromatic rings. The number of anilines is 1. The number of carbonyl (C=O) groups is 1. The Bertz CT molecular complexity index is 1250. The van der Waals surface area contributed by atoms with Crippen LogP contribution in [0.25, 0.3) is 16.8 Å². The predicted octanol–water partition coefficient (Wildman–Crippen LogP) is 3.47. The Hall–Kier alpha value is -3.41. The van der Waals surface area contributed by atoms with Crippen molar-refractivity contribution < 1.29 is 4.79 Å². The van der Waals surface area contributed by atoms with Crippen molar-refractivity contribution in [1.82, 2.24) is 14.0 Å². The van der Waals surface area contributed by atoms with Gasteiger partial charge in [-0.3, -0.25) is 9.59 Å². The number of nitrogens with zero attached hydrogens (tertiary/aromatic N) is 3. The predicted molar refractivity (Wildman–Crippen MR) is 111 cm³/mol. The van der Waals surface area contributed by atoms with Gasteiger partial charge in [-0.05, 0) is 44.5 Å². The van der Waals surface area contributed by atoms with Gasteiger partial charge in [0.05, 0.1) is 11.0 Å². The van der Waals surface area contributed by atoms with Gasteiger partial charge in [0.1, 0.15) is 6.54 Å². The largest absolute Gasteiger partial charge is 0.325 e. The molecular weight excluding hydrogens is 352 g/mol. The fourth-order valence-electron chi connectivity index (χ4n) is 3.57. The van der Waals surface area contributed by atoms with Crippen molar-refractivity contribution in [2.45, 2.75) is 33.7 Å². The number of fused-ring (bicyclic) bond motifs is 3. The lowest BCUT2D eigenvalue weighted by molar-refractivity contribution is -0.116. The fourth-order valence-corrected chi connectivity index (χ4v) is 3.57. The Morgan fingerprint density at radius 3 is 2.50 bits per heavy atom. The van der Waals surface area contributed by atoms with Crippen LogP contribution >= 0.6 is 0 Å². The van der Waals surface area contributed by atoms with Crippen molar-refractivity contribution in [1.29, 1.82) is 0 Å². The number of benzene rings is 2. The standard InChI is InChI=1S/C22H22N4O2/c1-4-17-15(3)25(13-20(27)23-16-11-9-14(2)10-12-16)22-24-18-7-5-6-8-19(18)26(22)21(17)28/h5-12H,4,13H2,1-3H3,(H,23,27). The second kappa shape index (κ2) is 6.96. The van der Waals surface area contributed by atoms with Crippen molar-refractivity contribution in [3.05, 3.63) is 75.7 Å². The van der Waals surface area contributed by atoms with Gasteiger partial charge in [0, 0.05) is 16.9 Å². The number of aryl methyl sites for hydroxylation is 1. The first-order chi connectivity index (χ1) is 13.5. The van der Waals surface area contributed by atoms with Gasteiger partial charge < -0.3 is 9.88 Å². The van der Waals surface area contributed by atoms with Crippen LogP contribution in [0.1, 0.15) is 23.7 Å². The molecule has 2 aromatic heterocycles. The number of para-hydroxylation sites is 2. The summed E-state index contributed by atoms with van der Waals surface area (Å²) in [6.45, 7) is 5.91. The quantitative estimate of drug-likeness (QED) is 0.595. The molecule has 0 atom stereocenters. The molecule has 1 N–H and O–H groups in total. The zero-order chi connectivity index (χ0) is 19.8. The van der Waals surface area contributed by atoms with Crippen LogP contribution in [0.5, 0.6) is 0 Å². The molecule has 2 aromatic carbocycles. The lowest BCUT2D eigenvalue weighted by atomic mass is 10.2. The minimum atomic E-state index is -0.161. The number of rotatable bonds is 4. The third kappa shape index (κ3) is 2.97. The molecule has 0 aliphatic carbocycles. The molecule has 0 radical (unpaired) electrons. The Kier molecular flexibility index (Phi) is 4.47. The molecule has 0 saturated carbocycles. The molecule has 0 bridgehead atoms. The van der Waals surface area contributed by atoms with Crippen LogP contribution in [0.2, 0.25) is 0 Å². The van der Waals surface area contributed by atoms with E-state index in [4.69, 9.17) is 0 Å². The highest BCUT2D eigenvalue weighted by molar-refractivity contribution is 5.91. The van der Waals surface area contributed by atoms with Crippen LogP contribution < -0.4 is 10.9 Å². The molecule has 0 unspecified atom stereocenters. The summed E-state index contributed by atoms with van der Waals surface area (Å²) in [5.41, 5.74) is 4.76. The zero-order valence-electron chi connectivity index (χ0n) is 16.2. The summed E-state index contributed by atoms with van der Waals surface area (Å²) >= 11 is 0. The first kappa shape index (κ1) is 18.0. The topological polar surface area (TPSA) is 68.4 Å². The lowest BCUT2D eigenvalue weighted by Gasteiger charge is -2.15. The Morgan fingerprint density at radius 2 is 1.79 bits per heavy atom. The SMILES string of the molecule is CCc1c(C)n(CC(=O)Nc2ccc(C)cc2)c2nc3ccccc3n2c1=O. The molecule has 28 heavy (non-hydrogen) atoms. The molecule has 2 heterocycles. The lowest BCUT2D eigenvalue weighted by Crippen LogP contribution is -2.28. The van der Waals surface area contributed by atoms with E-state index in [1.54, 1.807) is 4.40 Å². The highest BCUT2D eigenvalue weighted by Crippen LogP contribution is 2.18. The van der Waals surface area contributed by atoms with Crippen molar-refractivity contribution in [2.24, 2.45) is 0 Å². The number of carbonyl (C=O) groups excluding carboxylic acids is 1. The zero-order valence-corrected chi connectivity index (χ0v) is 16.2. The first-order valence-corrected chi connectivity index (χ1v) is 9.35. The molecule has 1 amide bonds. The smallest absolute Gasteiger partial charge is 0.262 e. The van der Waals surface area contributed by atoms with Gasteiger partial charge in [-0.1, -0.05) is 36.8 Å². The van der Waals surface area contributed by atoms with Gasteiger partial charge >= 0.3 is 0 Å². The second-order valence-corrected chi connectivity index (χ2v) is 6.96. The highest BCUT2D eigenvalue weighted by atomic mass is 16.2. The number of hydrogen-bond acceptors (Lipinski definition) is 3. The number of nitrogens with one attached hydrogen (secondary N) is 1.